The molecule has 168 valence electrons. The molecule has 0 saturated carbocycles. The molecule has 2 aromatic carbocycles. The third-order valence-corrected chi connectivity index (χ3v) is 9.27. The molecule has 1 N–H and O–H groups in total. The molecule has 0 spiro atoms. The summed E-state index contributed by atoms with van der Waals surface area (Å²) in [5.74, 6) is -0.480. The number of benzene rings is 2. The number of sulfone groups is 2. The summed E-state index contributed by atoms with van der Waals surface area (Å²) in [6, 6.07) is 10.4. The fourth-order valence-electron chi connectivity index (χ4n) is 2.63. The number of nitrogens with zero attached hydrogens (tertiary/aromatic N) is 2. The molecule has 32 heavy (non-hydrogen) atoms. The summed E-state index contributed by atoms with van der Waals surface area (Å²) in [5, 5.41) is 13.3. The minimum absolute atomic E-state index is 0.0258. The Bertz CT molecular complexity index is 1360. The van der Waals surface area contributed by atoms with Gasteiger partial charge in [0.15, 0.2) is 15.0 Å². The number of amides is 1. The first-order valence-corrected chi connectivity index (χ1v) is 13.0. The fraction of sp³-hybridized carbons (Fsp3) is 0.158. The van der Waals surface area contributed by atoms with Gasteiger partial charge < -0.3 is 5.32 Å². The summed E-state index contributed by atoms with van der Waals surface area (Å²) in [4.78, 5) is 26.3. The Kier molecular flexibility index (Phi) is 6.71. The van der Waals surface area contributed by atoms with Gasteiger partial charge in [-0.25, -0.2) is 21.8 Å². The van der Waals surface area contributed by atoms with Crippen molar-refractivity contribution in [1.82, 2.24) is 4.98 Å². The maximum Gasteiger partial charge on any atom is 0.269 e. The molecule has 0 bridgehead atoms. The quantitative estimate of drug-likeness (QED) is 0.370. The van der Waals surface area contributed by atoms with E-state index in [1.807, 2.05) is 0 Å². The number of rotatable bonds is 8. The largest absolute Gasteiger partial charge is 0.302 e. The van der Waals surface area contributed by atoms with Gasteiger partial charge >= 0.3 is 0 Å². The number of carbonyl (C=O) groups is 1. The van der Waals surface area contributed by atoms with Gasteiger partial charge in [0.2, 0.25) is 15.7 Å². The van der Waals surface area contributed by atoms with Gasteiger partial charge in [-0.15, -0.1) is 0 Å². The van der Waals surface area contributed by atoms with Crippen LogP contribution in [0.15, 0.2) is 68.7 Å². The zero-order valence-corrected chi connectivity index (χ0v) is 19.0. The molecule has 10 nitrogen and oxygen atoms in total. The van der Waals surface area contributed by atoms with Gasteiger partial charge in [-0.1, -0.05) is 30.4 Å². The van der Waals surface area contributed by atoms with E-state index in [1.165, 1.54) is 24.3 Å². The van der Waals surface area contributed by atoms with E-state index >= 15 is 0 Å². The minimum atomic E-state index is -3.95. The topological polar surface area (TPSA) is 153 Å². The standard InChI is InChI=1S/C19H17N3O7S3/c1-2-31(26,27)15-7-3-13(4-8-15)11-17(23)21-19-20-12-18(30-19)32(28,29)16-9-5-14(6-10-16)22(24)25/h3-10,12H,2,11H2,1H3,(H,20,21,23). The number of thiazole rings is 1. The van der Waals surface area contributed by atoms with E-state index in [-0.39, 0.29) is 37.0 Å². The van der Waals surface area contributed by atoms with Crippen LogP contribution in [0.4, 0.5) is 10.8 Å². The van der Waals surface area contributed by atoms with E-state index in [0.29, 0.717) is 5.56 Å². The van der Waals surface area contributed by atoms with Crippen molar-refractivity contribution in [2.24, 2.45) is 0 Å². The van der Waals surface area contributed by atoms with Crippen molar-refractivity contribution in [3.63, 3.8) is 0 Å². The highest BCUT2D eigenvalue weighted by Crippen LogP contribution is 2.29. The van der Waals surface area contributed by atoms with Gasteiger partial charge in [0, 0.05) is 12.1 Å². The van der Waals surface area contributed by atoms with Crippen LogP contribution in [0, 0.1) is 10.1 Å². The molecule has 0 saturated heterocycles. The van der Waals surface area contributed by atoms with Crippen molar-refractivity contribution in [2.75, 3.05) is 11.1 Å². The van der Waals surface area contributed by atoms with Crippen LogP contribution in [0.5, 0.6) is 0 Å². The molecule has 0 aliphatic heterocycles. The maximum absolute atomic E-state index is 12.7. The van der Waals surface area contributed by atoms with Crippen molar-refractivity contribution in [3.05, 3.63) is 70.4 Å². The zero-order valence-electron chi connectivity index (χ0n) is 16.6. The molecule has 3 rings (SSSR count). The number of hydrogen-bond acceptors (Lipinski definition) is 9. The van der Waals surface area contributed by atoms with E-state index in [4.69, 9.17) is 0 Å². The van der Waals surface area contributed by atoms with E-state index in [2.05, 4.69) is 10.3 Å². The summed E-state index contributed by atoms with van der Waals surface area (Å²) < 4.78 is 48.9. The third kappa shape index (κ3) is 5.18. The van der Waals surface area contributed by atoms with Crippen molar-refractivity contribution in [2.45, 2.75) is 27.3 Å². The predicted octanol–water partition coefficient (Wildman–Crippen LogP) is 2.86. The van der Waals surface area contributed by atoms with Crippen LogP contribution in [0.3, 0.4) is 0 Å². The smallest absolute Gasteiger partial charge is 0.269 e. The van der Waals surface area contributed by atoms with E-state index < -0.39 is 30.5 Å². The molecule has 0 aliphatic rings. The molecular weight excluding hydrogens is 478 g/mol. The lowest BCUT2D eigenvalue weighted by Gasteiger charge is -2.04. The molecule has 0 radical (unpaired) electrons. The molecule has 0 atom stereocenters. The molecule has 0 unspecified atom stereocenters. The fourth-order valence-corrected chi connectivity index (χ4v) is 5.97. The Hall–Kier alpha value is -3.16. The highest BCUT2D eigenvalue weighted by molar-refractivity contribution is 7.93. The number of aromatic nitrogens is 1. The molecular formula is C19H17N3O7S3. The molecule has 3 aromatic rings. The highest BCUT2D eigenvalue weighted by Gasteiger charge is 2.22. The molecule has 1 aromatic heterocycles. The Labute approximate surface area is 187 Å². The van der Waals surface area contributed by atoms with Gasteiger partial charge in [-0.2, -0.15) is 0 Å². The van der Waals surface area contributed by atoms with Gasteiger partial charge in [0.05, 0.1) is 33.1 Å². The Balaban J connectivity index is 1.69. The first-order valence-electron chi connectivity index (χ1n) is 9.10. The lowest BCUT2D eigenvalue weighted by atomic mass is 10.1. The Morgan fingerprint density at radius 3 is 2.19 bits per heavy atom. The van der Waals surface area contributed by atoms with E-state index in [9.17, 15) is 31.7 Å². The second-order valence-electron chi connectivity index (χ2n) is 6.51. The van der Waals surface area contributed by atoms with Crippen LogP contribution in [-0.4, -0.2) is 38.4 Å². The molecule has 1 amide bonds. The average Bonchev–Trinajstić information content (AvgIpc) is 3.23. The normalized spacial score (nSPS) is 11.8. The predicted molar refractivity (Wildman–Crippen MR) is 117 cm³/mol. The van der Waals surface area contributed by atoms with Gasteiger partial charge in [0.1, 0.15) is 4.21 Å². The first kappa shape index (κ1) is 23.5. The SMILES string of the molecule is CCS(=O)(=O)c1ccc(CC(=O)Nc2ncc(S(=O)(=O)c3ccc([N+](=O)[O-])cc3)s2)cc1. The summed E-state index contributed by atoms with van der Waals surface area (Å²) in [7, 11) is -7.28. The third-order valence-electron chi connectivity index (χ3n) is 4.38. The van der Waals surface area contributed by atoms with Crippen molar-refractivity contribution in [3.8, 4) is 0 Å². The molecule has 0 fully saturated rings. The zero-order chi connectivity index (χ0) is 23.5. The van der Waals surface area contributed by atoms with Crippen molar-refractivity contribution >= 4 is 47.7 Å². The number of nitro groups is 1. The van der Waals surface area contributed by atoms with Gasteiger partial charge in [-0.3, -0.25) is 14.9 Å². The Morgan fingerprint density at radius 2 is 1.62 bits per heavy atom. The summed E-state index contributed by atoms with van der Waals surface area (Å²) in [6.45, 7) is 1.54. The second kappa shape index (κ2) is 9.14. The number of nitrogens with one attached hydrogen (secondary N) is 1. The summed E-state index contributed by atoms with van der Waals surface area (Å²) >= 11 is 0.749. The van der Waals surface area contributed by atoms with Crippen LogP contribution in [0.2, 0.25) is 0 Å². The first-order chi connectivity index (χ1) is 15.0. The van der Waals surface area contributed by atoms with Crippen molar-refractivity contribution < 1.29 is 26.6 Å². The van der Waals surface area contributed by atoms with Gasteiger partial charge in [0.25, 0.3) is 5.69 Å². The van der Waals surface area contributed by atoms with E-state index in [0.717, 1.165) is 41.8 Å². The molecule has 0 aliphatic carbocycles. The number of carbonyl (C=O) groups excluding carboxylic acids is 1. The van der Waals surface area contributed by atoms with Crippen LogP contribution in [0.1, 0.15) is 12.5 Å². The average molecular weight is 496 g/mol. The summed E-state index contributed by atoms with van der Waals surface area (Å²) in [6.07, 6.45) is 1.04. The van der Waals surface area contributed by atoms with E-state index in [1.54, 1.807) is 6.92 Å². The number of nitro benzene ring substituents is 1. The lowest BCUT2D eigenvalue weighted by Crippen LogP contribution is -2.14. The monoisotopic (exact) mass is 495 g/mol. The van der Waals surface area contributed by atoms with Crippen LogP contribution >= 0.6 is 11.3 Å². The lowest BCUT2D eigenvalue weighted by molar-refractivity contribution is -0.384. The molecule has 1 heterocycles. The maximum atomic E-state index is 12.7. The second-order valence-corrected chi connectivity index (χ2v) is 12.0. The highest BCUT2D eigenvalue weighted by atomic mass is 32.2. The van der Waals surface area contributed by atoms with Crippen molar-refractivity contribution in [1.29, 1.82) is 0 Å². The number of non-ortho nitro benzene ring substituents is 1. The minimum Gasteiger partial charge on any atom is -0.302 e. The molecule has 13 heteroatoms. The Morgan fingerprint density at radius 1 is 1.03 bits per heavy atom. The summed E-state index contributed by atoms with van der Waals surface area (Å²) in [5.41, 5.74) is 0.342. The van der Waals surface area contributed by atoms with Crippen LogP contribution < -0.4 is 5.32 Å². The van der Waals surface area contributed by atoms with Crippen LogP contribution in [-0.2, 0) is 30.9 Å². The van der Waals surface area contributed by atoms with Crippen LogP contribution in [0.25, 0.3) is 0 Å². The van der Waals surface area contributed by atoms with Gasteiger partial charge in [-0.05, 0) is 29.8 Å². The number of anilines is 1. The number of hydrogen-bond donors (Lipinski definition) is 1.